The van der Waals surface area contributed by atoms with Crippen molar-refractivity contribution < 1.29 is 34.8 Å². The first-order valence-electron chi connectivity index (χ1n) is 23.3. The Kier molecular flexibility index (Phi) is 15.2. The van der Waals surface area contributed by atoms with E-state index in [0.717, 1.165) is 103 Å². The Morgan fingerprint density at radius 3 is 2.51 bits per heavy atom. The van der Waals surface area contributed by atoms with Gasteiger partial charge in [-0.15, -0.1) is 0 Å². The van der Waals surface area contributed by atoms with Crippen molar-refractivity contribution in [1.29, 1.82) is 0 Å². The van der Waals surface area contributed by atoms with Gasteiger partial charge >= 0.3 is 0 Å². The highest BCUT2D eigenvalue weighted by Gasteiger charge is 2.42. The number of phenols is 2. The largest absolute Gasteiger partial charge is 0.508 e. The number of carbonyl (C=O) groups excluding carboxylic acids is 2. The molecule has 8 bridgehead atoms. The maximum Gasteiger partial charge on any atom is 0.165 e. The van der Waals surface area contributed by atoms with Crippen LogP contribution >= 0.6 is 21.6 Å². The summed E-state index contributed by atoms with van der Waals surface area (Å²) in [6, 6.07) is 16.6. The number of rotatable bonds is 7. The monoisotopic (exact) mass is 917 g/mol. The van der Waals surface area contributed by atoms with Crippen LogP contribution in [0.2, 0.25) is 0 Å². The average Bonchev–Trinajstić information content (AvgIpc) is 4.07. The number of aromatic hydroxyl groups is 2. The highest BCUT2D eigenvalue weighted by Crippen LogP contribution is 2.53. The summed E-state index contributed by atoms with van der Waals surface area (Å²) in [5.74, 6) is 8.57. The molecule has 0 saturated heterocycles. The molecule has 0 amide bonds. The van der Waals surface area contributed by atoms with Gasteiger partial charge < -0.3 is 41.6 Å². The van der Waals surface area contributed by atoms with Crippen LogP contribution in [-0.2, 0) is 29.8 Å². The molecule has 1 aromatic heterocycles. The zero-order chi connectivity index (χ0) is 45.6. The highest BCUT2D eigenvalue weighted by atomic mass is 33.1. The summed E-state index contributed by atoms with van der Waals surface area (Å²) < 4.78 is 6.16. The first-order valence-corrected chi connectivity index (χ1v) is 25.8. The maximum atomic E-state index is 14.2. The summed E-state index contributed by atoms with van der Waals surface area (Å²) in [4.78, 5) is 31.0. The van der Waals surface area contributed by atoms with Crippen molar-refractivity contribution in [2.24, 2.45) is 28.2 Å². The van der Waals surface area contributed by atoms with Crippen molar-refractivity contribution in [2.75, 3.05) is 19.0 Å². The van der Waals surface area contributed by atoms with Crippen LogP contribution in [0, 0.1) is 28.6 Å². The number of H-pyrrole nitrogens is 1. The molecule has 4 aliphatic rings. The van der Waals surface area contributed by atoms with Gasteiger partial charge in [-0.3, -0.25) is 9.59 Å². The fraction of sp³-hybridized carbons (Fsp3) is 0.472. The summed E-state index contributed by atoms with van der Waals surface area (Å²) in [5.41, 5.74) is 19.8. The lowest BCUT2D eigenvalue weighted by Gasteiger charge is -2.35. The van der Waals surface area contributed by atoms with E-state index in [1.165, 1.54) is 0 Å². The zero-order valence-corrected chi connectivity index (χ0v) is 38.8. The predicted octanol–water partition coefficient (Wildman–Crippen LogP) is 9.10. The Morgan fingerprint density at radius 1 is 0.908 bits per heavy atom. The molecule has 2 saturated carbocycles. The van der Waals surface area contributed by atoms with Gasteiger partial charge in [-0.2, -0.15) is 0 Å². The second-order valence-corrected chi connectivity index (χ2v) is 21.6. The third-order valence-electron chi connectivity index (χ3n) is 14.5. The summed E-state index contributed by atoms with van der Waals surface area (Å²) in [6.45, 7) is 0.0129. The fourth-order valence-corrected chi connectivity index (χ4v) is 13.4. The van der Waals surface area contributed by atoms with E-state index in [9.17, 15) is 30.0 Å². The second-order valence-electron chi connectivity index (χ2n) is 19.1. The zero-order valence-electron chi connectivity index (χ0n) is 37.2. The number of aromatic amines is 1. The van der Waals surface area contributed by atoms with Crippen molar-refractivity contribution in [1.82, 2.24) is 4.98 Å². The van der Waals surface area contributed by atoms with Crippen LogP contribution in [0.4, 0.5) is 0 Å². The number of carbonyl (C=O) groups is 2. The van der Waals surface area contributed by atoms with Gasteiger partial charge in [-0.25, -0.2) is 0 Å². The van der Waals surface area contributed by atoms with Crippen LogP contribution in [0.25, 0.3) is 0 Å². The van der Waals surface area contributed by atoms with E-state index in [1.807, 2.05) is 41.1 Å². The minimum absolute atomic E-state index is 0.00475. The fourth-order valence-electron chi connectivity index (χ4n) is 10.9. The maximum absolute atomic E-state index is 14.2. The van der Waals surface area contributed by atoms with Gasteiger partial charge in [-0.1, -0.05) is 76.6 Å². The minimum atomic E-state index is -0.757. The van der Waals surface area contributed by atoms with Gasteiger partial charge in [0, 0.05) is 65.3 Å². The smallest absolute Gasteiger partial charge is 0.165 e. The van der Waals surface area contributed by atoms with E-state index in [1.54, 1.807) is 41.3 Å². The molecule has 12 heteroatoms. The molecule has 4 atom stereocenters. The molecule has 2 fully saturated rings. The van der Waals surface area contributed by atoms with E-state index in [4.69, 9.17) is 16.2 Å². The molecule has 3 aromatic carbocycles. The number of nitrogens with one attached hydrogen (secondary N) is 1. The Hall–Kier alpha value is -4.48. The molecule has 0 unspecified atom stereocenters. The van der Waals surface area contributed by atoms with Crippen LogP contribution in [0.5, 0.6) is 17.2 Å². The van der Waals surface area contributed by atoms with Gasteiger partial charge in [-0.05, 0) is 139 Å². The number of benzene rings is 3. The number of aliphatic hydroxyl groups excluding tert-OH is 2. The molecule has 344 valence electrons. The molecule has 3 aliphatic carbocycles. The molecule has 0 radical (unpaired) electrons. The van der Waals surface area contributed by atoms with Crippen LogP contribution in [0.1, 0.15) is 144 Å². The number of Topliss-reactive ketones (excluding diaryl/α,β-unsaturated/α-hetero) is 1. The summed E-state index contributed by atoms with van der Waals surface area (Å²) in [7, 11) is 3.60. The second kappa shape index (κ2) is 21.0. The lowest BCUT2D eigenvalue weighted by atomic mass is 9.70. The number of ketones is 2. The normalized spacial score (nSPS) is 23.6. The number of hydrogen-bond donors (Lipinski definition) is 7. The standard InChI is InChI=1S/C53H63N3O7S2/c54-51(55)43-26-37-4-3-5-46-41(14-22-56-46)49(62)28-44-42(37)27-38(43)33-65-64-32-36-12-18-53(29-36,21-20-52(16-1-2-17-52)30-40(59)31-57)19-13-39(58)9-6-34-8-11-48(61)50(25-34)63-23-15-35-7-10-47(60)45(44)24-35/h7-8,10-11,13-14,19,22,24-27,36,40,44,51,56-57,59-61H,1-2,5-6,9,12,15-18,20-21,23,28-33,54-55H2/b19-13+/t36-,40-,44+,53-/m0/s1. The molecular formula is C53H63N3O7S2. The van der Waals surface area contributed by atoms with E-state index < -0.39 is 18.2 Å². The van der Waals surface area contributed by atoms with Gasteiger partial charge in [0.05, 0.1) is 31.9 Å². The third kappa shape index (κ3) is 11.4. The number of aromatic nitrogens is 1. The number of aryl methyl sites for hydroxylation is 1. The van der Waals surface area contributed by atoms with Crippen molar-refractivity contribution in [3.05, 3.63) is 123 Å². The number of ether oxygens (including phenoxy) is 1. The number of allylic oxidation sites excluding steroid dienone is 2. The Morgan fingerprint density at radius 2 is 1.71 bits per heavy atom. The van der Waals surface area contributed by atoms with Crippen molar-refractivity contribution in [2.45, 2.75) is 120 Å². The van der Waals surface area contributed by atoms with Gasteiger partial charge in [0.25, 0.3) is 0 Å². The summed E-state index contributed by atoms with van der Waals surface area (Å²) in [5, 5.41) is 42.7. The van der Waals surface area contributed by atoms with Gasteiger partial charge in [0.15, 0.2) is 23.1 Å². The first-order chi connectivity index (χ1) is 31.4. The summed E-state index contributed by atoms with van der Waals surface area (Å²) >= 11 is 0. The molecule has 8 rings (SSSR count). The first kappa shape index (κ1) is 47.0. The highest BCUT2D eigenvalue weighted by molar-refractivity contribution is 8.76. The SMILES string of the molecule is NC(N)c1cc2c3cc1CSSC[C@H]1CC[C@@](CCC4(C[C@H](O)CO)CCCC4)(/C=C/C(=O)CCc4ccc(O)c(c4)OCCc4ccc(O)c(c4)[C@@H]3CC(=O)c3cc[nH]c3CC#C2)C1. The van der Waals surface area contributed by atoms with E-state index >= 15 is 0 Å². The predicted molar refractivity (Wildman–Crippen MR) is 259 cm³/mol. The molecule has 4 aromatic rings. The van der Waals surface area contributed by atoms with Crippen LogP contribution in [0.15, 0.2) is 72.9 Å². The minimum Gasteiger partial charge on any atom is -0.508 e. The van der Waals surface area contributed by atoms with E-state index in [0.29, 0.717) is 60.7 Å². The molecule has 1 aliphatic heterocycles. The van der Waals surface area contributed by atoms with Crippen LogP contribution in [-0.4, -0.2) is 62.0 Å². The van der Waals surface area contributed by atoms with Crippen molar-refractivity contribution in [3.8, 4) is 29.1 Å². The molecule has 65 heavy (non-hydrogen) atoms. The molecule has 0 spiro atoms. The number of aliphatic hydroxyl groups is 2. The van der Waals surface area contributed by atoms with E-state index in [-0.39, 0.29) is 53.5 Å². The van der Waals surface area contributed by atoms with Gasteiger partial charge in [0.1, 0.15) is 5.75 Å². The van der Waals surface area contributed by atoms with Crippen LogP contribution < -0.4 is 16.2 Å². The summed E-state index contributed by atoms with van der Waals surface area (Å²) in [6.07, 6.45) is 16.0. The topological polar surface area (TPSA) is 192 Å². The van der Waals surface area contributed by atoms with Crippen molar-refractivity contribution in [3.63, 3.8) is 0 Å². The molecule has 2 heterocycles. The third-order valence-corrected chi connectivity index (χ3v) is 17.0. The Bertz CT molecular complexity index is 2450. The molecular weight excluding hydrogens is 855 g/mol. The van der Waals surface area contributed by atoms with Gasteiger partial charge in [0.2, 0.25) is 0 Å². The number of phenolic OH excluding ortho intramolecular Hbond substituents is 2. The molecule has 9 N–H and O–H groups in total. The Balaban J connectivity index is 1.13. The lowest BCUT2D eigenvalue weighted by molar-refractivity contribution is -0.114. The average molecular weight is 918 g/mol. The number of hydrogen-bond acceptors (Lipinski definition) is 11. The number of fused-ring (bicyclic) bond motifs is 9. The number of nitrogens with two attached hydrogens (primary N) is 2. The van der Waals surface area contributed by atoms with Crippen molar-refractivity contribution >= 4 is 33.2 Å². The molecule has 10 nitrogen and oxygen atoms in total. The Labute approximate surface area is 390 Å². The quantitative estimate of drug-likeness (QED) is 0.0532. The van der Waals surface area contributed by atoms with Crippen LogP contribution in [0.3, 0.4) is 0 Å². The van der Waals surface area contributed by atoms with E-state index in [2.05, 4.69) is 29.0 Å². The lowest BCUT2D eigenvalue weighted by Crippen LogP contribution is -2.28.